The van der Waals surface area contributed by atoms with Gasteiger partial charge < -0.3 is 5.32 Å². The number of rotatable bonds is 3. The molecule has 1 aromatic carbocycles. The van der Waals surface area contributed by atoms with Gasteiger partial charge in [-0.05, 0) is 37.8 Å². The van der Waals surface area contributed by atoms with Crippen molar-refractivity contribution in [3.63, 3.8) is 0 Å². The minimum absolute atomic E-state index is 0.0547. The summed E-state index contributed by atoms with van der Waals surface area (Å²) in [5.74, 6) is 0.376. The van der Waals surface area contributed by atoms with Gasteiger partial charge in [-0.15, -0.1) is 0 Å². The monoisotopic (exact) mass is 281 g/mol. The Morgan fingerprint density at radius 2 is 2.11 bits per heavy atom. The fourth-order valence-electron chi connectivity index (χ4n) is 2.35. The number of hydrogen-bond acceptors (Lipinski definition) is 3. The van der Waals surface area contributed by atoms with Crippen LogP contribution in [0.2, 0.25) is 0 Å². The highest BCUT2D eigenvalue weighted by atomic mass is 32.2. The molecular formula is C14H19NO3S. The first-order valence-corrected chi connectivity index (χ1v) is 8.25. The van der Waals surface area contributed by atoms with E-state index in [0.717, 1.165) is 11.1 Å². The van der Waals surface area contributed by atoms with Crippen LogP contribution in [0, 0.1) is 19.8 Å². The standard InChI is InChI=1S/C14H19NO3S/c1-10-3-4-11(2)13(7-10)14(16)15-8-12-5-6-19(17,18)9-12/h3-4,7,12H,5-6,8-9H2,1-2H3,(H,15,16)/t12-/m1/s1. The van der Waals surface area contributed by atoms with Crippen molar-refractivity contribution >= 4 is 15.7 Å². The summed E-state index contributed by atoms with van der Waals surface area (Å²) in [6, 6.07) is 5.75. The van der Waals surface area contributed by atoms with Crippen LogP contribution in [0.4, 0.5) is 0 Å². The summed E-state index contributed by atoms with van der Waals surface area (Å²) in [5, 5.41) is 2.84. The SMILES string of the molecule is Cc1ccc(C)c(C(=O)NC[C@H]2CCS(=O)(=O)C2)c1. The van der Waals surface area contributed by atoms with Gasteiger partial charge in [0.25, 0.3) is 5.91 Å². The zero-order valence-electron chi connectivity index (χ0n) is 11.3. The Morgan fingerprint density at radius 3 is 2.74 bits per heavy atom. The Balaban J connectivity index is 1.97. The van der Waals surface area contributed by atoms with Gasteiger partial charge in [0.05, 0.1) is 11.5 Å². The van der Waals surface area contributed by atoms with Crippen molar-refractivity contribution in [3.8, 4) is 0 Å². The lowest BCUT2D eigenvalue weighted by Gasteiger charge is -2.11. The van der Waals surface area contributed by atoms with Gasteiger partial charge in [-0.2, -0.15) is 0 Å². The summed E-state index contributed by atoms with van der Waals surface area (Å²) in [6.07, 6.45) is 0.648. The topological polar surface area (TPSA) is 63.2 Å². The average Bonchev–Trinajstić information content (AvgIpc) is 2.69. The molecule has 0 aliphatic carbocycles. The molecule has 1 aliphatic rings. The maximum atomic E-state index is 12.1. The highest BCUT2D eigenvalue weighted by molar-refractivity contribution is 7.91. The third-order valence-corrected chi connectivity index (χ3v) is 5.35. The Kier molecular flexibility index (Phi) is 3.94. The van der Waals surface area contributed by atoms with E-state index in [2.05, 4.69) is 5.32 Å². The van der Waals surface area contributed by atoms with Crippen LogP contribution in [0.1, 0.15) is 27.9 Å². The van der Waals surface area contributed by atoms with Gasteiger partial charge in [0, 0.05) is 12.1 Å². The number of amides is 1. The number of carbonyl (C=O) groups is 1. The van der Waals surface area contributed by atoms with Crippen molar-refractivity contribution in [2.45, 2.75) is 20.3 Å². The molecule has 0 unspecified atom stereocenters. The van der Waals surface area contributed by atoms with Crippen LogP contribution in [-0.2, 0) is 9.84 Å². The molecule has 0 saturated carbocycles. The second kappa shape index (κ2) is 5.33. The zero-order valence-corrected chi connectivity index (χ0v) is 12.1. The number of aryl methyl sites for hydroxylation is 2. The van der Waals surface area contributed by atoms with Crippen molar-refractivity contribution in [1.29, 1.82) is 0 Å². The third-order valence-electron chi connectivity index (χ3n) is 3.52. The van der Waals surface area contributed by atoms with E-state index in [9.17, 15) is 13.2 Å². The van der Waals surface area contributed by atoms with Gasteiger partial charge in [0.2, 0.25) is 0 Å². The van der Waals surface area contributed by atoms with Crippen LogP contribution in [0.15, 0.2) is 18.2 Å². The maximum absolute atomic E-state index is 12.1. The maximum Gasteiger partial charge on any atom is 0.251 e. The molecule has 1 fully saturated rings. The smallest absolute Gasteiger partial charge is 0.251 e. The van der Waals surface area contributed by atoms with E-state index < -0.39 is 9.84 Å². The molecule has 0 radical (unpaired) electrons. The molecule has 19 heavy (non-hydrogen) atoms. The summed E-state index contributed by atoms with van der Waals surface area (Å²) >= 11 is 0. The van der Waals surface area contributed by atoms with Crippen molar-refractivity contribution in [2.75, 3.05) is 18.1 Å². The van der Waals surface area contributed by atoms with E-state index in [1.54, 1.807) is 0 Å². The van der Waals surface area contributed by atoms with Crippen LogP contribution < -0.4 is 5.32 Å². The minimum Gasteiger partial charge on any atom is -0.352 e. The summed E-state index contributed by atoms with van der Waals surface area (Å²) in [4.78, 5) is 12.1. The van der Waals surface area contributed by atoms with E-state index in [1.165, 1.54) is 0 Å². The normalized spacial score (nSPS) is 21.3. The first kappa shape index (κ1) is 14.1. The van der Waals surface area contributed by atoms with E-state index >= 15 is 0 Å². The molecule has 1 amide bonds. The molecule has 1 heterocycles. The van der Waals surface area contributed by atoms with E-state index in [0.29, 0.717) is 18.5 Å². The Bertz CT molecular complexity index is 593. The predicted molar refractivity (Wildman–Crippen MR) is 75.0 cm³/mol. The number of nitrogens with one attached hydrogen (secondary N) is 1. The van der Waals surface area contributed by atoms with Crippen LogP contribution in [0.5, 0.6) is 0 Å². The van der Waals surface area contributed by atoms with Gasteiger partial charge in [0.15, 0.2) is 9.84 Å². The molecule has 104 valence electrons. The average molecular weight is 281 g/mol. The first-order valence-electron chi connectivity index (χ1n) is 6.43. The lowest BCUT2D eigenvalue weighted by Crippen LogP contribution is -2.30. The number of carbonyl (C=O) groups excluding carboxylic acids is 1. The molecule has 1 aromatic rings. The van der Waals surface area contributed by atoms with E-state index in [4.69, 9.17) is 0 Å². The lowest BCUT2D eigenvalue weighted by molar-refractivity contribution is 0.0947. The van der Waals surface area contributed by atoms with Gasteiger partial charge in [-0.1, -0.05) is 17.7 Å². The van der Waals surface area contributed by atoms with E-state index in [-0.39, 0.29) is 23.3 Å². The third kappa shape index (κ3) is 3.56. The van der Waals surface area contributed by atoms with Crippen molar-refractivity contribution < 1.29 is 13.2 Å². The molecule has 0 bridgehead atoms. The van der Waals surface area contributed by atoms with Crippen LogP contribution in [0.25, 0.3) is 0 Å². The lowest BCUT2D eigenvalue weighted by atomic mass is 10.0. The number of hydrogen-bond donors (Lipinski definition) is 1. The molecule has 0 spiro atoms. The largest absolute Gasteiger partial charge is 0.352 e. The molecule has 1 saturated heterocycles. The molecule has 1 atom stereocenters. The number of sulfone groups is 1. The van der Waals surface area contributed by atoms with Gasteiger partial charge in [-0.25, -0.2) is 8.42 Å². The molecule has 2 rings (SSSR count). The fourth-order valence-corrected chi connectivity index (χ4v) is 4.21. The molecule has 4 nitrogen and oxygen atoms in total. The van der Waals surface area contributed by atoms with Crippen molar-refractivity contribution in [1.82, 2.24) is 5.32 Å². The van der Waals surface area contributed by atoms with Crippen molar-refractivity contribution in [3.05, 3.63) is 34.9 Å². The highest BCUT2D eigenvalue weighted by Crippen LogP contribution is 2.18. The van der Waals surface area contributed by atoms with Crippen LogP contribution >= 0.6 is 0 Å². The molecule has 1 aliphatic heterocycles. The summed E-state index contributed by atoms with van der Waals surface area (Å²) < 4.78 is 22.7. The zero-order chi connectivity index (χ0) is 14.0. The van der Waals surface area contributed by atoms with Gasteiger partial charge in [-0.3, -0.25) is 4.79 Å². The Hall–Kier alpha value is -1.36. The van der Waals surface area contributed by atoms with Gasteiger partial charge in [0.1, 0.15) is 0 Å². The van der Waals surface area contributed by atoms with Crippen LogP contribution in [0.3, 0.4) is 0 Å². The highest BCUT2D eigenvalue weighted by Gasteiger charge is 2.28. The second-order valence-electron chi connectivity index (χ2n) is 5.30. The minimum atomic E-state index is -2.87. The first-order chi connectivity index (χ1) is 8.87. The number of benzene rings is 1. The van der Waals surface area contributed by atoms with Crippen molar-refractivity contribution in [2.24, 2.45) is 5.92 Å². The van der Waals surface area contributed by atoms with Crippen LogP contribution in [-0.4, -0.2) is 32.4 Å². The molecule has 5 heteroatoms. The quantitative estimate of drug-likeness (QED) is 0.912. The Labute approximate surface area is 114 Å². The van der Waals surface area contributed by atoms with Gasteiger partial charge >= 0.3 is 0 Å². The summed E-state index contributed by atoms with van der Waals surface area (Å²) in [5.41, 5.74) is 2.64. The second-order valence-corrected chi connectivity index (χ2v) is 7.53. The molecule has 1 N–H and O–H groups in total. The fraction of sp³-hybridized carbons (Fsp3) is 0.500. The molecule has 0 aromatic heterocycles. The Morgan fingerprint density at radius 1 is 1.37 bits per heavy atom. The summed E-state index contributed by atoms with van der Waals surface area (Å²) in [6.45, 7) is 4.28. The molecular weight excluding hydrogens is 262 g/mol. The van der Waals surface area contributed by atoms with E-state index in [1.807, 2.05) is 32.0 Å². The summed E-state index contributed by atoms with van der Waals surface area (Å²) in [7, 11) is -2.87. The predicted octanol–water partition coefficient (Wildman–Crippen LogP) is 1.47.